The number of rotatable bonds is 4. The third-order valence-corrected chi connectivity index (χ3v) is 3.12. The van der Waals surface area contributed by atoms with Crippen molar-refractivity contribution >= 4 is 11.9 Å². The summed E-state index contributed by atoms with van der Waals surface area (Å²) in [6.07, 6.45) is 2.09. The molecule has 1 aliphatic rings. The predicted octanol–water partition coefficient (Wildman–Crippen LogP) is 1.43. The summed E-state index contributed by atoms with van der Waals surface area (Å²) in [7, 11) is 0. The monoisotopic (exact) mass is 225 g/mol. The number of aliphatic carboxylic acids is 1. The number of hydrogen-bond donors (Lipinski definition) is 2. The molecule has 1 aliphatic carbocycles. The van der Waals surface area contributed by atoms with Crippen LogP contribution >= 0.6 is 0 Å². The van der Waals surface area contributed by atoms with E-state index in [9.17, 15) is 9.59 Å². The van der Waals surface area contributed by atoms with E-state index in [1.165, 1.54) is 5.57 Å². The van der Waals surface area contributed by atoms with Crippen LogP contribution in [0.4, 0.5) is 0 Å². The van der Waals surface area contributed by atoms with E-state index in [0.717, 1.165) is 0 Å². The number of amides is 1. The first-order chi connectivity index (χ1) is 7.26. The molecule has 0 radical (unpaired) electrons. The van der Waals surface area contributed by atoms with Gasteiger partial charge in [0.1, 0.15) is 6.54 Å². The maximum atomic E-state index is 11.7. The number of allylic oxidation sites excluding steroid dienone is 2. The Bertz CT molecular complexity index is 340. The van der Waals surface area contributed by atoms with Gasteiger partial charge < -0.3 is 10.4 Å². The molecular weight excluding hydrogens is 206 g/mol. The van der Waals surface area contributed by atoms with E-state index < -0.39 is 5.97 Å². The quantitative estimate of drug-likeness (QED) is 0.711. The Morgan fingerprint density at radius 1 is 1.38 bits per heavy atom. The average molecular weight is 225 g/mol. The molecule has 0 aliphatic heterocycles. The van der Waals surface area contributed by atoms with Crippen molar-refractivity contribution < 1.29 is 14.7 Å². The molecule has 1 fully saturated rings. The SMILES string of the molecule is CC(C)=CC1C(C(=O)NCC(=O)O)C1(C)C. The van der Waals surface area contributed by atoms with E-state index in [1.807, 2.05) is 27.7 Å². The Hall–Kier alpha value is -1.32. The second-order valence-electron chi connectivity index (χ2n) is 5.18. The first kappa shape index (κ1) is 12.7. The van der Waals surface area contributed by atoms with Crippen molar-refractivity contribution in [3.63, 3.8) is 0 Å². The summed E-state index contributed by atoms with van der Waals surface area (Å²) in [4.78, 5) is 22.1. The lowest BCUT2D eigenvalue weighted by Crippen LogP contribution is -2.31. The number of hydrogen-bond acceptors (Lipinski definition) is 2. The summed E-state index contributed by atoms with van der Waals surface area (Å²) in [5.41, 5.74) is 1.13. The molecule has 4 heteroatoms. The average Bonchev–Trinajstić information content (AvgIpc) is 2.63. The second-order valence-corrected chi connectivity index (χ2v) is 5.18. The fraction of sp³-hybridized carbons (Fsp3) is 0.667. The van der Waals surface area contributed by atoms with Crippen LogP contribution in [-0.4, -0.2) is 23.5 Å². The zero-order valence-electron chi connectivity index (χ0n) is 10.2. The zero-order chi connectivity index (χ0) is 12.5. The first-order valence-corrected chi connectivity index (χ1v) is 5.41. The van der Waals surface area contributed by atoms with Gasteiger partial charge in [-0.1, -0.05) is 25.5 Å². The van der Waals surface area contributed by atoms with Crippen LogP contribution in [0, 0.1) is 17.3 Å². The molecule has 0 saturated heterocycles. The molecule has 0 heterocycles. The molecule has 0 aromatic rings. The predicted molar refractivity (Wildman–Crippen MR) is 60.8 cm³/mol. The van der Waals surface area contributed by atoms with Gasteiger partial charge in [-0.25, -0.2) is 0 Å². The zero-order valence-corrected chi connectivity index (χ0v) is 10.2. The van der Waals surface area contributed by atoms with Crippen LogP contribution in [0.3, 0.4) is 0 Å². The molecular formula is C12H19NO3. The number of carboxylic acids is 1. The number of nitrogens with one attached hydrogen (secondary N) is 1. The fourth-order valence-electron chi connectivity index (χ4n) is 2.12. The Labute approximate surface area is 95.7 Å². The molecule has 90 valence electrons. The molecule has 1 saturated carbocycles. The minimum absolute atomic E-state index is 0.0557. The lowest BCUT2D eigenvalue weighted by atomic mass is 10.1. The number of carboxylic acid groups (broad SMARTS) is 1. The van der Waals surface area contributed by atoms with E-state index in [4.69, 9.17) is 5.11 Å². The molecule has 0 bridgehead atoms. The van der Waals surface area contributed by atoms with Gasteiger partial charge in [-0.3, -0.25) is 9.59 Å². The van der Waals surface area contributed by atoms with Gasteiger partial charge in [0.15, 0.2) is 0 Å². The van der Waals surface area contributed by atoms with Crippen LogP contribution in [-0.2, 0) is 9.59 Å². The van der Waals surface area contributed by atoms with Gasteiger partial charge in [-0.15, -0.1) is 0 Å². The lowest BCUT2D eigenvalue weighted by Gasteiger charge is -2.02. The van der Waals surface area contributed by atoms with Crippen molar-refractivity contribution in [1.29, 1.82) is 0 Å². The van der Waals surface area contributed by atoms with E-state index in [1.54, 1.807) is 0 Å². The summed E-state index contributed by atoms with van der Waals surface area (Å²) < 4.78 is 0. The molecule has 0 spiro atoms. The minimum atomic E-state index is -1.01. The van der Waals surface area contributed by atoms with Crippen LogP contribution < -0.4 is 5.32 Å². The van der Waals surface area contributed by atoms with Gasteiger partial charge in [-0.2, -0.15) is 0 Å². The van der Waals surface area contributed by atoms with Crippen molar-refractivity contribution in [3.05, 3.63) is 11.6 Å². The van der Waals surface area contributed by atoms with Crippen LogP contribution in [0.25, 0.3) is 0 Å². The van der Waals surface area contributed by atoms with Crippen molar-refractivity contribution in [2.24, 2.45) is 17.3 Å². The van der Waals surface area contributed by atoms with Gasteiger partial charge in [0.2, 0.25) is 5.91 Å². The normalized spacial score (nSPS) is 25.8. The van der Waals surface area contributed by atoms with Crippen molar-refractivity contribution in [1.82, 2.24) is 5.32 Å². The standard InChI is InChI=1S/C12H19NO3/c1-7(2)5-8-10(12(8,3)4)11(16)13-6-9(14)15/h5,8,10H,6H2,1-4H3,(H,13,16)(H,14,15). The molecule has 1 rings (SSSR count). The van der Waals surface area contributed by atoms with E-state index in [-0.39, 0.29) is 29.7 Å². The Morgan fingerprint density at radius 3 is 2.38 bits per heavy atom. The van der Waals surface area contributed by atoms with Crippen LogP contribution in [0.15, 0.2) is 11.6 Å². The highest BCUT2D eigenvalue weighted by atomic mass is 16.4. The summed E-state index contributed by atoms with van der Waals surface area (Å²) in [6, 6.07) is 0. The van der Waals surface area contributed by atoms with Gasteiger partial charge in [0.05, 0.1) is 5.92 Å². The molecule has 2 atom stereocenters. The minimum Gasteiger partial charge on any atom is -0.480 e. The number of carbonyl (C=O) groups is 2. The highest BCUT2D eigenvalue weighted by molar-refractivity contribution is 5.86. The van der Waals surface area contributed by atoms with E-state index in [2.05, 4.69) is 11.4 Å². The molecule has 2 N–H and O–H groups in total. The van der Waals surface area contributed by atoms with Crippen LogP contribution in [0.1, 0.15) is 27.7 Å². The van der Waals surface area contributed by atoms with Gasteiger partial charge in [-0.05, 0) is 25.2 Å². The summed E-state index contributed by atoms with van der Waals surface area (Å²) in [6.45, 7) is 7.76. The van der Waals surface area contributed by atoms with Crippen molar-refractivity contribution in [3.8, 4) is 0 Å². The van der Waals surface area contributed by atoms with Gasteiger partial charge in [0.25, 0.3) is 0 Å². The second kappa shape index (κ2) is 4.28. The molecule has 16 heavy (non-hydrogen) atoms. The van der Waals surface area contributed by atoms with Crippen LogP contribution in [0.5, 0.6) is 0 Å². The summed E-state index contributed by atoms with van der Waals surface area (Å²) >= 11 is 0. The Morgan fingerprint density at radius 2 is 1.94 bits per heavy atom. The van der Waals surface area contributed by atoms with Crippen molar-refractivity contribution in [2.45, 2.75) is 27.7 Å². The first-order valence-electron chi connectivity index (χ1n) is 5.41. The largest absolute Gasteiger partial charge is 0.480 e. The summed E-state index contributed by atoms with van der Waals surface area (Å²) in [5, 5.41) is 10.9. The van der Waals surface area contributed by atoms with Gasteiger partial charge in [0, 0.05) is 0 Å². The van der Waals surface area contributed by atoms with E-state index >= 15 is 0 Å². The lowest BCUT2D eigenvalue weighted by molar-refractivity contribution is -0.138. The molecule has 0 aromatic heterocycles. The van der Waals surface area contributed by atoms with Gasteiger partial charge >= 0.3 is 5.97 Å². The molecule has 0 aromatic carbocycles. The van der Waals surface area contributed by atoms with Crippen LogP contribution in [0.2, 0.25) is 0 Å². The Kier molecular flexibility index (Phi) is 3.41. The molecule has 4 nitrogen and oxygen atoms in total. The third kappa shape index (κ3) is 2.62. The molecule has 2 unspecified atom stereocenters. The van der Waals surface area contributed by atoms with Crippen molar-refractivity contribution in [2.75, 3.05) is 6.54 Å². The molecule has 1 amide bonds. The number of carbonyl (C=O) groups excluding carboxylic acids is 1. The maximum absolute atomic E-state index is 11.7. The highest BCUT2D eigenvalue weighted by Crippen LogP contribution is 2.59. The van der Waals surface area contributed by atoms with E-state index in [0.29, 0.717) is 0 Å². The fourth-order valence-corrected chi connectivity index (χ4v) is 2.12. The smallest absolute Gasteiger partial charge is 0.322 e. The summed E-state index contributed by atoms with van der Waals surface area (Å²) in [5.74, 6) is -1.03. The topological polar surface area (TPSA) is 66.4 Å². The Balaban J connectivity index is 2.59. The third-order valence-electron chi connectivity index (χ3n) is 3.12. The maximum Gasteiger partial charge on any atom is 0.322 e. The highest BCUT2D eigenvalue weighted by Gasteiger charge is 2.60.